The summed E-state index contributed by atoms with van der Waals surface area (Å²) in [4.78, 5) is 2.24. The second-order valence-electron chi connectivity index (χ2n) is 6.49. The van der Waals surface area contributed by atoms with E-state index in [0.29, 0.717) is 6.61 Å². The van der Waals surface area contributed by atoms with Crippen molar-refractivity contribution in [1.82, 2.24) is 9.47 Å². The normalized spacial score (nSPS) is 10.8. The number of aromatic nitrogens is 1. The Hall–Kier alpha value is -2.30. The Bertz CT molecular complexity index is 878. The molecule has 0 unspecified atom stereocenters. The van der Waals surface area contributed by atoms with Crippen molar-refractivity contribution in [3.05, 3.63) is 73.2 Å². The zero-order valence-corrected chi connectivity index (χ0v) is 16.4. The van der Waals surface area contributed by atoms with Crippen LogP contribution < -0.4 is 4.74 Å². The monoisotopic (exact) mass is 388 g/mol. The van der Waals surface area contributed by atoms with Gasteiger partial charge in [0.05, 0.1) is 12.1 Å². The third-order valence-corrected chi connectivity index (χ3v) is 4.39. The van der Waals surface area contributed by atoms with E-state index in [1.807, 2.05) is 47.2 Å². The van der Waals surface area contributed by atoms with E-state index in [2.05, 4.69) is 18.5 Å². The highest BCUT2D eigenvalue weighted by Gasteiger charge is 2.06. The van der Waals surface area contributed by atoms with Crippen LogP contribution >= 0.6 is 12.4 Å². The van der Waals surface area contributed by atoms with Gasteiger partial charge in [-0.1, -0.05) is 12.1 Å². The predicted octanol–water partition coefficient (Wildman–Crippen LogP) is 5.47. The number of unbranched alkanes of at least 4 members (excludes halogenated alkanes) is 1. The van der Waals surface area contributed by atoms with Gasteiger partial charge >= 0.3 is 0 Å². The molecule has 0 aliphatic heterocycles. The second-order valence-corrected chi connectivity index (χ2v) is 6.49. The van der Waals surface area contributed by atoms with Gasteiger partial charge in [-0.25, -0.2) is 4.39 Å². The van der Waals surface area contributed by atoms with Gasteiger partial charge < -0.3 is 14.2 Å². The van der Waals surface area contributed by atoms with Gasteiger partial charge in [0.2, 0.25) is 0 Å². The van der Waals surface area contributed by atoms with E-state index in [0.717, 1.165) is 48.3 Å². The first-order valence-electron chi connectivity index (χ1n) is 8.96. The van der Waals surface area contributed by atoms with Crippen molar-refractivity contribution in [3.8, 4) is 11.4 Å². The molecule has 0 N–H and O–H groups in total. The number of hydrogen-bond acceptors (Lipinski definition) is 2. The summed E-state index contributed by atoms with van der Waals surface area (Å²) in [6, 6.07) is 14.7. The summed E-state index contributed by atoms with van der Waals surface area (Å²) < 4.78 is 21.3. The molecule has 0 aliphatic carbocycles. The van der Waals surface area contributed by atoms with Crippen molar-refractivity contribution in [2.75, 3.05) is 26.7 Å². The van der Waals surface area contributed by atoms with Gasteiger partial charge in [0.25, 0.3) is 0 Å². The first-order valence-corrected chi connectivity index (χ1v) is 8.96. The van der Waals surface area contributed by atoms with Gasteiger partial charge in [0, 0.05) is 23.8 Å². The molecule has 0 aliphatic rings. The Morgan fingerprint density at radius 1 is 1.15 bits per heavy atom. The van der Waals surface area contributed by atoms with E-state index < -0.39 is 0 Å². The summed E-state index contributed by atoms with van der Waals surface area (Å²) in [7, 11) is 2.10. The maximum Gasteiger partial charge on any atom is 0.125 e. The molecule has 3 nitrogen and oxygen atoms in total. The minimum absolute atomic E-state index is 0. The molecule has 1 heterocycles. The lowest BCUT2D eigenvalue weighted by Gasteiger charge is -2.14. The van der Waals surface area contributed by atoms with Crippen molar-refractivity contribution in [2.24, 2.45) is 0 Å². The average Bonchev–Trinajstić information content (AvgIpc) is 3.05. The first kappa shape index (κ1) is 21.0. The third kappa shape index (κ3) is 5.59. The fraction of sp³-hybridized carbons (Fsp3) is 0.273. The molecule has 0 saturated heterocycles. The molecule has 1 aromatic heterocycles. The molecule has 3 rings (SSSR count). The summed E-state index contributed by atoms with van der Waals surface area (Å²) in [6.45, 7) is 6.42. The maximum atomic E-state index is 13.5. The van der Waals surface area contributed by atoms with E-state index in [-0.39, 0.29) is 18.2 Å². The fourth-order valence-corrected chi connectivity index (χ4v) is 3.05. The lowest BCUT2D eigenvalue weighted by molar-refractivity contribution is 0.288. The lowest BCUT2D eigenvalue weighted by atomic mass is 10.2. The molecule has 0 bridgehead atoms. The minimum atomic E-state index is -0.233. The number of fused-ring (bicyclic) bond motifs is 1. The van der Waals surface area contributed by atoms with Crippen LogP contribution in [0.1, 0.15) is 12.8 Å². The van der Waals surface area contributed by atoms with Crippen molar-refractivity contribution < 1.29 is 9.13 Å². The number of benzene rings is 2. The molecular formula is C22H26ClFN2O. The second kappa shape index (κ2) is 10.1. The van der Waals surface area contributed by atoms with E-state index in [4.69, 9.17) is 4.74 Å². The van der Waals surface area contributed by atoms with E-state index in [1.165, 1.54) is 12.1 Å². The SMILES string of the molecule is C=CCN(C)CCCCOc1ccc2c(ccn2-c2cccc(F)c2)c1.Cl. The van der Waals surface area contributed by atoms with Crippen LogP contribution in [0.3, 0.4) is 0 Å². The van der Waals surface area contributed by atoms with Crippen LogP contribution in [0.25, 0.3) is 16.6 Å². The highest BCUT2D eigenvalue weighted by molar-refractivity contribution is 5.85. The van der Waals surface area contributed by atoms with Crippen LogP contribution in [-0.4, -0.2) is 36.2 Å². The van der Waals surface area contributed by atoms with Gasteiger partial charge in [-0.05, 0) is 68.9 Å². The molecule has 0 atom stereocenters. The molecule has 0 radical (unpaired) electrons. The number of ether oxygens (including phenoxy) is 1. The molecule has 27 heavy (non-hydrogen) atoms. The van der Waals surface area contributed by atoms with Crippen LogP contribution in [0.4, 0.5) is 4.39 Å². The molecule has 3 aromatic rings. The van der Waals surface area contributed by atoms with Gasteiger partial charge in [-0.2, -0.15) is 0 Å². The quantitative estimate of drug-likeness (QED) is 0.357. The zero-order valence-electron chi connectivity index (χ0n) is 15.6. The van der Waals surface area contributed by atoms with E-state index in [9.17, 15) is 4.39 Å². The molecule has 2 aromatic carbocycles. The number of hydrogen-bond donors (Lipinski definition) is 0. The van der Waals surface area contributed by atoms with Crippen LogP contribution in [0, 0.1) is 5.82 Å². The smallest absolute Gasteiger partial charge is 0.125 e. The molecule has 0 spiro atoms. The molecule has 5 heteroatoms. The van der Waals surface area contributed by atoms with Crippen LogP contribution in [0.15, 0.2) is 67.4 Å². The number of rotatable bonds is 9. The van der Waals surface area contributed by atoms with Crippen LogP contribution in [-0.2, 0) is 0 Å². The molecule has 0 saturated carbocycles. The van der Waals surface area contributed by atoms with E-state index >= 15 is 0 Å². The summed E-state index contributed by atoms with van der Waals surface area (Å²) in [5, 5.41) is 1.08. The van der Waals surface area contributed by atoms with Crippen LogP contribution in [0.2, 0.25) is 0 Å². The number of likely N-dealkylation sites (N-methyl/N-ethyl adjacent to an activating group) is 1. The summed E-state index contributed by atoms with van der Waals surface area (Å²) in [5.41, 5.74) is 1.85. The first-order chi connectivity index (χ1) is 12.7. The largest absolute Gasteiger partial charge is 0.494 e. The van der Waals surface area contributed by atoms with E-state index in [1.54, 1.807) is 6.07 Å². The zero-order chi connectivity index (χ0) is 18.4. The Balaban J connectivity index is 0.00000261. The average molecular weight is 389 g/mol. The Morgan fingerprint density at radius 2 is 2.00 bits per heavy atom. The highest BCUT2D eigenvalue weighted by atomic mass is 35.5. The Morgan fingerprint density at radius 3 is 2.78 bits per heavy atom. The third-order valence-electron chi connectivity index (χ3n) is 4.39. The summed E-state index contributed by atoms with van der Waals surface area (Å²) in [5.74, 6) is 0.636. The molecular weight excluding hydrogens is 363 g/mol. The highest BCUT2D eigenvalue weighted by Crippen LogP contribution is 2.25. The molecule has 144 valence electrons. The van der Waals surface area contributed by atoms with Gasteiger partial charge in [-0.3, -0.25) is 0 Å². The molecule has 0 fully saturated rings. The maximum absolute atomic E-state index is 13.5. The topological polar surface area (TPSA) is 17.4 Å². The summed E-state index contributed by atoms with van der Waals surface area (Å²) >= 11 is 0. The standard InChI is InChI=1S/C22H25FN2O.ClH/c1-3-12-24(2)13-4-5-15-26-21-9-10-22-18(16-21)11-14-25(22)20-8-6-7-19(23)17-20;/h3,6-11,14,16-17H,1,4-5,12-13,15H2,2H3;1H. The Kier molecular flexibility index (Phi) is 7.89. The van der Waals surface area contributed by atoms with Gasteiger partial charge in [0.1, 0.15) is 11.6 Å². The number of nitrogens with zero attached hydrogens (tertiary/aromatic N) is 2. The number of halogens is 2. The van der Waals surface area contributed by atoms with Crippen molar-refractivity contribution in [1.29, 1.82) is 0 Å². The predicted molar refractivity (Wildman–Crippen MR) is 113 cm³/mol. The van der Waals surface area contributed by atoms with Crippen molar-refractivity contribution in [2.45, 2.75) is 12.8 Å². The fourth-order valence-electron chi connectivity index (χ4n) is 3.05. The van der Waals surface area contributed by atoms with Crippen molar-refractivity contribution in [3.63, 3.8) is 0 Å². The Labute approximate surface area is 166 Å². The minimum Gasteiger partial charge on any atom is -0.494 e. The lowest BCUT2D eigenvalue weighted by Crippen LogP contribution is -2.19. The van der Waals surface area contributed by atoms with Gasteiger partial charge in [0.15, 0.2) is 0 Å². The van der Waals surface area contributed by atoms with Crippen LogP contribution in [0.5, 0.6) is 5.75 Å². The molecule has 0 amide bonds. The van der Waals surface area contributed by atoms with Gasteiger partial charge in [-0.15, -0.1) is 19.0 Å². The summed E-state index contributed by atoms with van der Waals surface area (Å²) in [6.07, 6.45) is 5.99. The van der Waals surface area contributed by atoms with Crippen molar-refractivity contribution >= 4 is 23.3 Å².